The first-order valence-corrected chi connectivity index (χ1v) is 4.97. The molecule has 0 aliphatic carbocycles. The molecule has 0 unspecified atom stereocenters. The molecule has 0 bridgehead atoms. The lowest BCUT2D eigenvalue weighted by molar-refractivity contribution is -0.123. The van der Waals surface area contributed by atoms with Crippen LogP contribution in [0.25, 0.3) is 0 Å². The summed E-state index contributed by atoms with van der Waals surface area (Å²) in [5, 5.41) is 14.7. The Hall–Kier alpha value is -1.08. The largest absolute Gasteiger partial charge is 0.353 e. The normalized spacial score (nSPS) is 21.6. The highest BCUT2D eigenvalue weighted by molar-refractivity contribution is 5.82. The minimum absolute atomic E-state index is 0.0193. The second-order valence-corrected chi connectivity index (χ2v) is 4.36. The van der Waals surface area contributed by atoms with Crippen molar-refractivity contribution >= 4 is 5.91 Å². The van der Waals surface area contributed by atoms with E-state index in [4.69, 9.17) is 5.26 Å². The van der Waals surface area contributed by atoms with Gasteiger partial charge < -0.3 is 10.6 Å². The zero-order valence-electron chi connectivity index (χ0n) is 8.76. The van der Waals surface area contributed by atoms with Crippen LogP contribution >= 0.6 is 0 Å². The maximum Gasteiger partial charge on any atom is 0.237 e. The van der Waals surface area contributed by atoms with E-state index in [9.17, 15) is 4.79 Å². The van der Waals surface area contributed by atoms with E-state index in [0.717, 1.165) is 19.4 Å². The molecule has 1 aliphatic heterocycles. The summed E-state index contributed by atoms with van der Waals surface area (Å²) in [6, 6.07) is 2.10. The standard InChI is InChI=1S/C10H17N3O/c1-10(2,6-11)7-13-9(14)8-4-3-5-12-8/h8,12H,3-5,7H2,1-2H3,(H,13,14)/t8-/m1/s1. The molecule has 0 aromatic carbocycles. The molecule has 1 atom stereocenters. The molecule has 1 amide bonds. The number of hydrogen-bond acceptors (Lipinski definition) is 3. The van der Waals surface area contributed by atoms with Crippen molar-refractivity contribution in [3.63, 3.8) is 0 Å². The molecule has 0 aromatic heterocycles. The van der Waals surface area contributed by atoms with Gasteiger partial charge in [0.25, 0.3) is 0 Å². The molecule has 1 saturated heterocycles. The van der Waals surface area contributed by atoms with Crippen molar-refractivity contribution in [2.45, 2.75) is 32.7 Å². The van der Waals surface area contributed by atoms with Gasteiger partial charge in [-0.15, -0.1) is 0 Å². The number of amides is 1. The summed E-state index contributed by atoms with van der Waals surface area (Å²) in [5.41, 5.74) is -0.478. The highest BCUT2D eigenvalue weighted by Crippen LogP contribution is 2.11. The fourth-order valence-electron chi connectivity index (χ4n) is 1.38. The van der Waals surface area contributed by atoms with Crippen molar-refractivity contribution in [1.29, 1.82) is 5.26 Å². The Morgan fingerprint density at radius 2 is 2.43 bits per heavy atom. The quantitative estimate of drug-likeness (QED) is 0.685. The van der Waals surface area contributed by atoms with Gasteiger partial charge in [-0.2, -0.15) is 5.26 Å². The topological polar surface area (TPSA) is 64.9 Å². The van der Waals surface area contributed by atoms with Crippen LogP contribution in [0.4, 0.5) is 0 Å². The summed E-state index contributed by atoms with van der Waals surface area (Å²) >= 11 is 0. The molecule has 1 rings (SSSR count). The van der Waals surface area contributed by atoms with Crippen LogP contribution in [0.2, 0.25) is 0 Å². The molecule has 0 saturated carbocycles. The van der Waals surface area contributed by atoms with Crippen LogP contribution in [0.1, 0.15) is 26.7 Å². The van der Waals surface area contributed by atoms with E-state index in [2.05, 4.69) is 16.7 Å². The van der Waals surface area contributed by atoms with Crippen LogP contribution < -0.4 is 10.6 Å². The molecule has 4 nitrogen and oxygen atoms in total. The summed E-state index contributed by atoms with van der Waals surface area (Å²) in [6.07, 6.45) is 1.96. The first kappa shape index (κ1) is 11.0. The summed E-state index contributed by atoms with van der Waals surface area (Å²) in [6.45, 7) is 4.96. The lowest BCUT2D eigenvalue weighted by atomic mass is 9.96. The molecule has 1 aliphatic rings. The monoisotopic (exact) mass is 195 g/mol. The van der Waals surface area contributed by atoms with E-state index in [1.807, 2.05) is 13.8 Å². The lowest BCUT2D eigenvalue weighted by Crippen LogP contribution is -2.43. The van der Waals surface area contributed by atoms with Gasteiger partial charge in [0.2, 0.25) is 5.91 Å². The Balaban J connectivity index is 2.31. The van der Waals surface area contributed by atoms with E-state index in [0.29, 0.717) is 6.54 Å². The Morgan fingerprint density at radius 1 is 1.71 bits per heavy atom. The van der Waals surface area contributed by atoms with Crippen LogP contribution in [-0.2, 0) is 4.79 Å². The van der Waals surface area contributed by atoms with Crippen molar-refractivity contribution in [3.8, 4) is 6.07 Å². The Morgan fingerprint density at radius 3 is 2.93 bits per heavy atom. The average Bonchev–Trinajstić information content (AvgIpc) is 2.67. The molecular weight excluding hydrogens is 178 g/mol. The van der Waals surface area contributed by atoms with Crippen LogP contribution in [0.5, 0.6) is 0 Å². The van der Waals surface area contributed by atoms with E-state index in [-0.39, 0.29) is 11.9 Å². The van der Waals surface area contributed by atoms with Crippen molar-refractivity contribution in [3.05, 3.63) is 0 Å². The van der Waals surface area contributed by atoms with Gasteiger partial charge in [-0.1, -0.05) is 0 Å². The zero-order valence-corrected chi connectivity index (χ0v) is 8.76. The summed E-state index contributed by atoms with van der Waals surface area (Å²) in [4.78, 5) is 11.5. The number of hydrogen-bond donors (Lipinski definition) is 2. The Labute approximate surface area is 84.7 Å². The molecular formula is C10H17N3O. The second kappa shape index (κ2) is 4.43. The zero-order chi connectivity index (χ0) is 10.6. The Bertz CT molecular complexity index is 249. The van der Waals surface area contributed by atoms with E-state index in [1.54, 1.807) is 0 Å². The van der Waals surface area contributed by atoms with Crippen LogP contribution in [-0.4, -0.2) is 25.0 Å². The minimum atomic E-state index is -0.478. The highest BCUT2D eigenvalue weighted by atomic mass is 16.2. The predicted molar refractivity (Wildman–Crippen MR) is 53.4 cm³/mol. The molecule has 14 heavy (non-hydrogen) atoms. The van der Waals surface area contributed by atoms with Gasteiger partial charge in [0.05, 0.1) is 17.5 Å². The smallest absolute Gasteiger partial charge is 0.237 e. The van der Waals surface area contributed by atoms with Crippen LogP contribution in [0.15, 0.2) is 0 Å². The number of nitrogens with zero attached hydrogens (tertiary/aromatic N) is 1. The molecule has 2 N–H and O–H groups in total. The van der Waals surface area contributed by atoms with Gasteiger partial charge in [0.1, 0.15) is 0 Å². The van der Waals surface area contributed by atoms with Crippen molar-refractivity contribution in [2.75, 3.05) is 13.1 Å². The molecule has 1 heterocycles. The second-order valence-electron chi connectivity index (χ2n) is 4.36. The number of carbonyl (C=O) groups excluding carboxylic acids is 1. The third-order valence-corrected chi connectivity index (χ3v) is 2.38. The van der Waals surface area contributed by atoms with E-state index < -0.39 is 5.41 Å². The maximum atomic E-state index is 11.5. The summed E-state index contributed by atoms with van der Waals surface area (Å²) in [5.74, 6) is 0.0193. The van der Waals surface area contributed by atoms with Gasteiger partial charge in [-0.25, -0.2) is 0 Å². The van der Waals surface area contributed by atoms with Gasteiger partial charge >= 0.3 is 0 Å². The number of nitrogens with one attached hydrogen (secondary N) is 2. The van der Waals surface area contributed by atoms with Crippen LogP contribution in [0, 0.1) is 16.7 Å². The predicted octanol–water partition coefficient (Wildman–Crippen LogP) is 0.404. The van der Waals surface area contributed by atoms with Crippen molar-refractivity contribution < 1.29 is 4.79 Å². The molecule has 0 radical (unpaired) electrons. The number of carbonyl (C=O) groups is 1. The molecule has 1 fully saturated rings. The number of rotatable bonds is 3. The lowest BCUT2D eigenvalue weighted by Gasteiger charge is -2.17. The highest BCUT2D eigenvalue weighted by Gasteiger charge is 2.24. The maximum absolute atomic E-state index is 11.5. The fraction of sp³-hybridized carbons (Fsp3) is 0.800. The van der Waals surface area contributed by atoms with Gasteiger partial charge in [-0.05, 0) is 33.2 Å². The number of nitriles is 1. The van der Waals surface area contributed by atoms with E-state index in [1.165, 1.54) is 0 Å². The molecule has 4 heteroatoms. The first-order valence-electron chi connectivity index (χ1n) is 4.97. The van der Waals surface area contributed by atoms with Gasteiger partial charge in [0, 0.05) is 6.54 Å². The van der Waals surface area contributed by atoms with Gasteiger partial charge in [-0.3, -0.25) is 4.79 Å². The summed E-state index contributed by atoms with van der Waals surface area (Å²) < 4.78 is 0. The van der Waals surface area contributed by atoms with Crippen LogP contribution in [0.3, 0.4) is 0 Å². The molecule has 0 spiro atoms. The average molecular weight is 195 g/mol. The fourth-order valence-corrected chi connectivity index (χ4v) is 1.38. The van der Waals surface area contributed by atoms with Crippen molar-refractivity contribution in [2.24, 2.45) is 5.41 Å². The van der Waals surface area contributed by atoms with E-state index >= 15 is 0 Å². The molecule has 0 aromatic rings. The Kier molecular flexibility index (Phi) is 3.48. The molecule has 78 valence electrons. The third-order valence-electron chi connectivity index (χ3n) is 2.38. The minimum Gasteiger partial charge on any atom is -0.353 e. The first-order chi connectivity index (χ1) is 6.55. The SMILES string of the molecule is CC(C)(C#N)CNC(=O)[C@H]1CCCN1. The third kappa shape index (κ3) is 3.00. The summed E-state index contributed by atoms with van der Waals surface area (Å²) in [7, 11) is 0. The van der Waals surface area contributed by atoms with Gasteiger partial charge in [0.15, 0.2) is 0 Å². The van der Waals surface area contributed by atoms with Crippen molar-refractivity contribution in [1.82, 2.24) is 10.6 Å².